The first kappa shape index (κ1) is 24.8. The van der Waals surface area contributed by atoms with Crippen LogP contribution in [0.1, 0.15) is 48.5 Å². The molecule has 3 heterocycles. The minimum Gasteiger partial charge on any atom is -0.507 e. The van der Waals surface area contributed by atoms with Gasteiger partial charge in [0, 0.05) is 12.0 Å². The van der Waals surface area contributed by atoms with E-state index >= 15 is 0 Å². The van der Waals surface area contributed by atoms with Crippen LogP contribution in [0, 0.1) is 6.92 Å². The number of ether oxygens (including phenoxy) is 3. The number of aryl methyl sites for hydroxylation is 1. The first-order chi connectivity index (χ1) is 17.8. The van der Waals surface area contributed by atoms with E-state index < -0.39 is 17.7 Å². The van der Waals surface area contributed by atoms with Crippen LogP contribution in [0.4, 0.5) is 5.13 Å². The Bertz CT molecular complexity index is 1410. The second-order valence-corrected chi connectivity index (χ2v) is 9.96. The summed E-state index contributed by atoms with van der Waals surface area (Å²) in [7, 11) is 0. The number of fused-ring (bicyclic) bond motifs is 1. The lowest BCUT2D eigenvalue weighted by molar-refractivity contribution is -0.132. The molecule has 0 aliphatic carbocycles. The standard InChI is InChI=1S/C27H27N3O6S/c1-5-34-20-10-7-16(13-21(20)35-6-2)23-22(25(32)26(33)30(23)27-29-28-15(4)37-27)24(31)17-8-9-19-18(12-17)11-14(3)36-19/h7-10,12-14,23,31H,5-6,11H2,1-4H3/t14-,23+/m0/s1. The van der Waals surface area contributed by atoms with Crippen LogP contribution in [0.5, 0.6) is 17.2 Å². The van der Waals surface area contributed by atoms with Gasteiger partial charge < -0.3 is 19.3 Å². The molecule has 37 heavy (non-hydrogen) atoms. The van der Waals surface area contributed by atoms with Crippen LogP contribution in [0.3, 0.4) is 0 Å². The van der Waals surface area contributed by atoms with Gasteiger partial charge in [-0.1, -0.05) is 17.4 Å². The van der Waals surface area contributed by atoms with Gasteiger partial charge in [-0.2, -0.15) is 0 Å². The Kier molecular flexibility index (Phi) is 6.59. The summed E-state index contributed by atoms with van der Waals surface area (Å²) in [4.78, 5) is 28.1. The third-order valence-corrected chi connectivity index (χ3v) is 7.06. The van der Waals surface area contributed by atoms with E-state index in [0.717, 1.165) is 11.3 Å². The van der Waals surface area contributed by atoms with Crippen LogP contribution < -0.4 is 19.1 Å². The number of ketones is 1. The fraction of sp³-hybridized carbons (Fsp3) is 0.333. The van der Waals surface area contributed by atoms with Crippen molar-refractivity contribution in [1.29, 1.82) is 0 Å². The summed E-state index contributed by atoms with van der Waals surface area (Å²) >= 11 is 1.19. The lowest BCUT2D eigenvalue weighted by atomic mass is 9.94. The number of amides is 1. The maximum Gasteiger partial charge on any atom is 0.301 e. The Balaban J connectivity index is 1.69. The molecule has 2 aliphatic heterocycles. The van der Waals surface area contributed by atoms with Crippen LogP contribution in [0.25, 0.3) is 5.76 Å². The number of hydrogen-bond donors (Lipinski definition) is 1. The number of nitrogens with zero attached hydrogens (tertiary/aromatic N) is 3. The summed E-state index contributed by atoms with van der Waals surface area (Å²) in [5.74, 6) is -0.0754. The molecule has 0 bridgehead atoms. The molecule has 1 aromatic heterocycles. The van der Waals surface area contributed by atoms with Crippen molar-refractivity contribution in [3.63, 3.8) is 0 Å². The summed E-state index contributed by atoms with van der Waals surface area (Å²) in [6.45, 7) is 8.31. The Morgan fingerprint density at radius 1 is 1.11 bits per heavy atom. The maximum absolute atomic E-state index is 13.4. The van der Waals surface area contributed by atoms with Gasteiger partial charge in [0.15, 0.2) is 11.5 Å². The number of hydrogen-bond acceptors (Lipinski definition) is 9. The molecule has 2 atom stereocenters. The minimum atomic E-state index is -0.939. The van der Waals surface area contributed by atoms with Crippen LogP contribution in [0.15, 0.2) is 42.0 Å². The quantitative estimate of drug-likeness (QED) is 0.273. The molecule has 10 heteroatoms. The highest BCUT2D eigenvalue weighted by molar-refractivity contribution is 7.15. The lowest BCUT2D eigenvalue weighted by Crippen LogP contribution is -2.29. The maximum atomic E-state index is 13.4. The van der Waals surface area contributed by atoms with Gasteiger partial charge in [0.05, 0.1) is 24.8 Å². The molecule has 5 rings (SSSR count). The summed E-state index contributed by atoms with van der Waals surface area (Å²) in [5.41, 5.74) is 1.90. The smallest absolute Gasteiger partial charge is 0.301 e. The molecule has 1 fully saturated rings. The van der Waals surface area contributed by atoms with Crippen molar-refractivity contribution in [3.05, 3.63) is 63.7 Å². The van der Waals surface area contributed by atoms with Crippen LogP contribution in [0.2, 0.25) is 0 Å². The van der Waals surface area contributed by atoms with E-state index in [1.54, 1.807) is 43.3 Å². The van der Waals surface area contributed by atoms with Gasteiger partial charge in [-0.05, 0) is 69.2 Å². The fourth-order valence-corrected chi connectivity index (χ4v) is 5.41. The average molecular weight is 522 g/mol. The molecule has 1 saturated heterocycles. The molecule has 9 nitrogen and oxygen atoms in total. The lowest BCUT2D eigenvalue weighted by Gasteiger charge is -2.23. The van der Waals surface area contributed by atoms with E-state index in [2.05, 4.69) is 10.2 Å². The molecule has 1 N–H and O–H groups in total. The van der Waals surface area contributed by atoms with E-state index in [4.69, 9.17) is 14.2 Å². The number of anilines is 1. The molecule has 2 aromatic carbocycles. The van der Waals surface area contributed by atoms with Crippen molar-refractivity contribution in [2.24, 2.45) is 0 Å². The summed E-state index contributed by atoms with van der Waals surface area (Å²) < 4.78 is 17.3. The minimum absolute atomic E-state index is 0.0273. The SMILES string of the molecule is CCOc1ccc([C@@H]2C(=C(O)c3ccc4c(c3)C[C@H](C)O4)C(=O)C(=O)N2c2nnc(C)s2)cc1OCC. The number of Topliss-reactive ketones (excluding diaryl/α,β-unsaturated/α-hetero) is 1. The number of aliphatic hydroxyl groups excluding tert-OH is 1. The second kappa shape index (κ2) is 9.85. The highest BCUT2D eigenvalue weighted by atomic mass is 32.1. The molecule has 0 unspecified atom stereocenters. The van der Waals surface area contributed by atoms with Gasteiger partial charge in [0.2, 0.25) is 5.13 Å². The molecule has 0 saturated carbocycles. The summed E-state index contributed by atoms with van der Waals surface area (Å²) in [6, 6.07) is 9.56. The van der Waals surface area contributed by atoms with E-state index in [-0.39, 0.29) is 22.6 Å². The average Bonchev–Trinajstić information content (AvgIpc) is 3.54. The molecule has 192 valence electrons. The molecule has 1 amide bonds. The van der Waals surface area contributed by atoms with Gasteiger partial charge in [-0.25, -0.2) is 0 Å². The first-order valence-electron chi connectivity index (χ1n) is 12.1. The normalized spacial score (nSPS) is 20.2. The van der Waals surface area contributed by atoms with E-state index in [1.165, 1.54) is 16.2 Å². The van der Waals surface area contributed by atoms with Gasteiger partial charge in [-0.3, -0.25) is 14.5 Å². The highest BCUT2D eigenvalue weighted by Crippen LogP contribution is 2.45. The predicted octanol–water partition coefficient (Wildman–Crippen LogP) is 4.59. The fourth-order valence-electron chi connectivity index (χ4n) is 4.69. The second-order valence-electron chi connectivity index (χ2n) is 8.80. The van der Waals surface area contributed by atoms with Gasteiger partial charge in [0.25, 0.3) is 5.78 Å². The predicted molar refractivity (Wildman–Crippen MR) is 138 cm³/mol. The summed E-state index contributed by atoms with van der Waals surface area (Å²) in [6.07, 6.45) is 0.717. The largest absolute Gasteiger partial charge is 0.507 e. The Labute approximate surface area is 218 Å². The van der Waals surface area contributed by atoms with E-state index in [0.29, 0.717) is 47.3 Å². The molecular weight excluding hydrogens is 494 g/mol. The number of carbonyl (C=O) groups is 2. The monoisotopic (exact) mass is 521 g/mol. The molecule has 3 aromatic rings. The van der Waals surface area contributed by atoms with Gasteiger partial charge in [-0.15, -0.1) is 10.2 Å². The number of aromatic nitrogens is 2. The van der Waals surface area contributed by atoms with Gasteiger partial charge in [0.1, 0.15) is 22.6 Å². The number of aliphatic hydroxyl groups is 1. The zero-order valence-corrected chi connectivity index (χ0v) is 21.8. The molecular formula is C27H27N3O6S. The summed E-state index contributed by atoms with van der Waals surface area (Å²) in [5, 5.41) is 20.5. The van der Waals surface area contributed by atoms with Crippen molar-refractivity contribution in [2.75, 3.05) is 18.1 Å². The van der Waals surface area contributed by atoms with Crippen LogP contribution in [-0.2, 0) is 16.0 Å². The topological polar surface area (TPSA) is 111 Å². The third kappa shape index (κ3) is 4.42. The van der Waals surface area contributed by atoms with E-state index in [9.17, 15) is 14.7 Å². The first-order valence-corrected chi connectivity index (χ1v) is 12.9. The van der Waals surface area contributed by atoms with Crippen molar-refractivity contribution in [1.82, 2.24) is 10.2 Å². The van der Waals surface area contributed by atoms with E-state index in [1.807, 2.05) is 20.8 Å². The number of rotatable bonds is 7. The Morgan fingerprint density at radius 3 is 2.57 bits per heavy atom. The third-order valence-electron chi connectivity index (χ3n) is 6.22. The zero-order valence-electron chi connectivity index (χ0n) is 21.0. The number of carbonyl (C=O) groups excluding carboxylic acids is 2. The van der Waals surface area contributed by atoms with Crippen LogP contribution >= 0.6 is 11.3 Å². The molecule has 0 radical (unpaired) electrons. The van der Waals surface area contributed by atoms with Crippen molar-refractivity contribution in [2.45, 2.75) is 46.3 Å². The number of benzene rings is 2. The molecule has 0 spiro atoms. The van der Waals surface area contributed by atoms with Crippen LogP contribution in [-0.4, -0.2) is 46.3 Å². The van der Waals surface area contributed by atoms with Gasteiger partial charge >= 0.3 is 5.91 Å². The van der Waals surface area contributed by atoms with Crippen molar-refractivity contribution in [3.8, 4) is 17.2 Å². The zero-order chi connectivity index (χ0) is 26.3. The Hall–Kier alpha value is -3.92. The van der Waals surface area contributed by atoms with Crippen molar-refractivity contribution >= 4 is 33.9 Å². The van der Waals surface area contributed by atoms with Crippen molar-refractivity contribution < 1.29 is 28.9 Å². The Morgan fingerprint density at radius 2 is 1.86 bits per heavy atom. The molecule has 2 aliphatic rings. The highest BCUT2D eigenvalue weighted by Gasteiger charge is 2.48.